The zero-order valence-corrected chi connectivity index (χ0v) is 9.98. The summed E-state index contributed by atoms with van der Waals surface area (Å²) in [5, 5.41) is 0.167. The first-order valence-electron chi connectivity index (χ1n) is 4.80. The Kier molecular flexibility index (Phi) is 3.24. The second-order valence-corrected chi connectivity index (χ2v) is 5.96. The molecule has 0 aromatic heterocycles. The molecule has 14 heavy (non-hydrogen) atoms. The summed E-state index contributed by atoms with van der Waals surface area (Å²) in [5.74, 6) is 0.141. The van der Waals surface area contributed by atoms with Crippen LogP contribution in [0.3, 0.4) is 0 Å². The van der Waals surface area contributed by atoms with Crippen molar-refractivity contribution in [1.82, 2.24) is 4.90 Å². The Morgan fingerprint density at radius 2 is 1.93 bits per heavy atom. The monoisotopic (exact) mass is 215 g/mol. The minimum atomic E-state index is -0.337. The molecular weight excluding hydrogens is 198 g/mol. The third kappa shape index (κ3) is 2.50. The predicted octanol–water partition coefficient (Wildman–Crippen LogP) is 1.87. The van der Waals surface area contributed by atoms with E-state index in [9.17, 15) is 9.59 Å². The fourth-order valence-electron chi connectivity index (χ4n) is 1.34. The Bertz CT molecular complexity index is 257. The molecule has 0 aromatic carbocycles. The van der Waals surface area contributed by atoms with Gasteiger partial charge in [-0.3, -0.25) is 9.59 Å². The van der Waals surface area contributed by atoms with E-state index in [1.807, 2.05) is 20.8 Å². The van der Waals surface area contributed by atoms with Gasteiger partial charge in [-0.1, -0.05) is 32.5 Å². The highest BCUT2D eigenvalue weighted by atomic mass is 32.2. The van der Waals surface area contributed by atoms with E-state index < -0.39 is 0 Å². The molecule has 1 atom stereocenters. The average Bonchev–Trinajstić information content (AvgIpc) is 1.96. The summed E-state index contributed by atoms with van der Waals surface area (Å²) >= 11 is 1.26. The summed E-state index contributed by atoms with van der Waals surface area (Å²) in [7, 11) is 0. The molecule has 1 unspecified atom stereocenters. The Labute approximate surface area is 89.2 Å². The quantitative estimate of drug-likeness (QED) is 0.670. The number of thioether (sulfide) groups is 1. The smallest absolute Gasteiger partial charge is 0.228 e. The Morgan fingerprint density at radius 3 is 2.21 bits per heavy atom. The van der Waals surface area contributed by atoms with Gasteiger partial charge in [0.2, 0.25) is 5.91 Å². The van der Waals surface area contributed by atoms with E-state index in [1.165, 1.54) is 11.8 Å². The number of hydrogen-bond acceptors (Lipinski definition) is 3. The lowest BCUT2D eigenvalue weighted by atomic mass is 9.93. The first-order chi connectivity index (χ1) is 6.32. The van der Waals surface area contributed by atoms with Crippen LogP contribution < -0.4 is 0 Å². The fourth-order valence-corrected chi connectivity index (χ4v) is 2.28. The molecule has 3 nitrogen and oxygen atoms in total. The molecular formula is C10H17NO2S. The van der Waals surface area contributed by atoms with E-state index in [0.29, 0.717) is 0 Å². The predicted molar refractivity (Wildman–Crippen MR) is 57.8 cm³/mol. The topological polar surface area (TPSA) is 37.4 Å². The van der Waals surface area contributed by atoms with Crippen LogP contribution in [0.25, 0.3) is 0 Å². The van der Waals surface area contributed by atoms with Gasteiger partial charge in [-0.2, -0.15) is 0 Å². The zero-order chi connectivity index (χ0) is 10.9. The van der Waals surface area contributed by atoms with E-state index in [1.54, 1.807) is 11.8 Å². The van der Waals surface area contributed by atoms with Gasteiger partial charge in [0.25, 0.3) is 0 Å². The fraction of sp³-hybridized carbons (Fsp3) is 0.800. The molecule has 1 aliphatic heterocycles. The van der Waals surface area contributed by atoms with Crippen molar-refractivity contribution in [3.63, 3.8) is 0 Å². The minimum absolute atomic E-state index is 0.0826. The van der Waals surface area contributed by atoms with E-state index in [2.05, 4.69) is 0 Å². The van der Waals surface area contributed by atoms with Crippen LogP contribution in [-0.2, 0) is 9.59 Å². The number of carbonyl (C=O) groups excluding carboxylic acids is 2. The van der Waals surface area contributed by atoms with Crippen LogP contribution in [0.4, 0.5) is 0 Å². The number of amides is 1. The number of nitrogens with zero attached hydrogens (tertiary/aromatic N) is 1. The summed E-state index contributed by atoms with van der Waals surface area (Å²) < 4.78 is 0. The average molecular weight is 215 g/mol. The van der Waals surface area contributed by atoms with Crippen LogP contribution >= 0.6 is 11.8 Å². The van der Waals surface area contributed by atoms with Crippen LogP contribution in [0.2, 0.25) is 0 Å². The molecule has 1 saturated heterocycles. The lowest BCUT2D eigenvalue weighted by Crippen LogP contribution is -2.53. The minimum Gasteiger partial charge on any atom is -0.330 e. The lowest BCUT2D eigenvalue weighted by molar-refractivity contribution is -0.144. The highest BCUT2D eigenvalue weighted by molar-refractivity contribution is 8.14. The first kappa shape index (κ1) is 11.6. The third-order valence-corrected chi connectivity index (χ3v) is 3.26. The second-order valence-electron chi connectivity index (χ2n) is 4.60. The SMILES string of the molecule is CC(=O)SC1CCN1C(=O)C(C)(C)C. The second kappa shape index (κ2) is 3.93. The van der Waals surface area contributed by atoms with Crippen LogP contribution in [0.1, 0.15) is 34.1 Å². The maximum Gasteiger partial charge on any atom is 0.228 e. The van der Waals surface area contributed by atoms with Gasteiger partial charge in [0.05, 0.1) is 5.37 Å². The summed E-state index contributed by atoms with van der Waals surface area (Å²) in [6.07, 6.45) is 0.937. The number of rotatable bonds is 1. The van der Waals surface area contributed by atoms with Crippen molar-refractivity contribution in [2.24, 2.45) is 5.41 Å². The van der Waals surface area contributed by atoms with Gasteiger partial charge >= 0.3 is 0 Å². The lowest BCUT2D eigenvalue weighted by Gasteiger charge is -2.43. The first-order valence-corrected chi connectivity index (χ1v) is 5.68. The standard InChI is InChI=1S/C10H17NO2S/c1-7(12)14-8-5-6-11(8)9(13)10(2,3)4/h8H,5-6H2,1-4H3. The van der Waals surface area contributed by atoms with E-state index in [-0.39, 0.29) is 21.8 Å². The molecule has 1 rings (SSSR count). The molecule has 0 spiro atoms. The van der Waals surface area contributed by atoms with Crippen molar-refractivity contribution in [2.75, 3.05) is 6.54 Å². The van der Waals surface area contributed by atoms with Crippen molar-refractivity contribution in [1.29, 1.82) is 0 Å². The summed E-state index contributed by atoms with van der Waals surface area (Å²) in [6, 6.07) is 0. The van der Waals surface area contributed by atoms with Gasteiger partial charge in [-0.15, -0.1) is 0 Å². The molecule has 4 heteroatoms. The van der Waals surface area contributed by atoms with E-state index >= 15 is 0 Å². The molecule has 0 bridgehead atoms. The molecule has 1 fully saturated rings. The Morgan fingerprint density at radius 1 is 1.36 bits per heavy atom. The largest absolute Gasteiger partial charge is 0.330 e. The van der Waals surface area contributed by atoms with Crippen molar-refractivity contribution in [3.05, 3.63) is 0 Å². The molecule has 0 aromatic rings. The van der Waals surface area contributed by atoms with Crippen LogP contribution in [0.5, 0.6) is 0 Å². The van der Waals surface area contributed by atoms with Gasteiger partial charge in [-0.25, -0.2) is 0 Å². The van der Waals surface area contributed by atoms with Gasteiger partial charge in [0.15, 0.2) is 5.12 Å². The molecule has 0 saturated carbocycles. The maximum atomic E-state index is 11.8. The van der Waals surface area contributed by atoms with Crippen LogP contribution in [0.15, 0.2) is 0 Å². The van der Waals surface area contributed by atoms with Crippen molar-refractivity contribution in [2.45, 2.75) is 39.5 Å². The van der Waals surface area contributed by atoms with E-state index in [4.69, 9.17) is 0 Å². The zero-order valence-electron chi connectivity index (χ0n) is 9.16. The van der Waals surface area contributed by atoms with Gasteiger partial charge in [0, 0.05) is 18.9 Å². The molecule has 1 aliphatic rings. The van der Waals surface area contributed by atoms with Gasteiger partial charge in [-0.05, 0) is 6.42 Å². The molecule has 0 aliphatic carbocycles. The number of carbonyl (C=O) groups is 2. The van der Waals surface area contributed by atoms with Crippen molar-refractivity contribution in [3.8, 4) is 0 Å². The van der Waals surface area contributed by atoms with Crippen LogP contribution in [0, 0.1) is 5.41 Å². The highest BCUT2D eigenvalue weighted by Gasteiger charge is 2.38. The van der Waals surface area contributed by atoms with Gasteiger partial charge in [0.1, 0.15) is 0 Å². The molecule has 1 amide bonds. The van der Waals surface area contributed by atoms with Crippen LogP contribution in [-0.4, -0.2) is 27.8 Å². The van der Waals surface area contributed by atoms with Gasteiger partial charge < -0.3 is 4.90 Å². The molecule has 1 heterocycles. The maximum absolute atomic E-state index is 11.8. The third-order valence-electron chi connectivity index (χ3n) is 2.17. The van der Waals surface area contributed by atoms with E-state index in [0.717, 1.165) is 13.0 Å². The van der Waals surface area contributed by atoms with Crippen molar-refractivity contribution < 1.29 is 9.59 Å². The Hall–Kier alpha value is -0.510. The highest BCUT2D eigenvalue weighted by Crippen LogP contribution is 2.32. The summed E-state index contributed by atoms with van der Waals surface area (Å²) in [6.45, 7) is 8.05. The number of likely N-dealkylation sites (tertiary alicyclic amines) is 1. The normalized spacial score (nSPS) is 21.7. The number of hydrogen-bond donors (Lipinski definition) is 0. The molecule has 0 radical (unpaired) electrons. The molecule has 0 N–H and O–H groups in total. The summed E-state index contributed by atoms with van der Waals surface area (Å²) in [5.41, 5.74) is -0.337. The Balaban J connectivity index is 2.55. The van der Waals surface area contributed by atoms with Crippen molar-refractivity contribution >= 4 is 22.8 Å². The summed E-state index contributed by atoms with van der Waals surface area (Å²) in [4.78, 5) is 24.5. The molecule has 80 valence electrons.